The van der Waals surface area contributed by atoms with Crippen LogP contribution in [0.15, 0.2) is 24.3 Å². The number of rotatable bonds is 8. The fourth-order valence-electron chi connectivity index (χ4n) is 2.22. The van der Waals surface area contributed by atoms with Gasteiger partial charge in [-0.05, 0) is 17.0 Å². The molecule has 0 radical (unpaired) electrons. The summed E-state index contributed by atoms with van der Waals surface area (Å²) in [6.07, 6.45) is 0.836. The van der Waals surface area contributed by atoms with E-state index in [0.717, 1.165) is 25.2 Å². The van der Waals surface area contributed by atoms with Crippen molar-refractivity contribution in [2.24, 2.45) is 11.8 Å². The molecule has 3 N–H and O–H groups in total. The highest BCUT2D eigenvalue weighted by Gasteiger charge is 2.08. The molecule has 0 fully saturated rings. The molecular weight excluding hydrogens is 264 g/mol. The maximum atomic E-state index is 11.2. The van der Waals surface area contributed by atoms with Gasteiger partial charge in [0.25, 0.3) is 0 Å². The molecule has 0 unspecified atom stereocenters. The second-order valence-corrected chi connectivity index (χ2v) is 5.60. The van der Waals surface area contributed by atoms with Crippen LogP contribution in [0.4, 0.5) is 0 Å². The van der Waals surface area contributed by atoms with Gasteiger partial charge >= 0.3 is 0 Å². The average Bonchev–Trinajstić information content (AvgIpc) is 2.46. The van der Waals surface area contributed by atoms with E-state index in [-0.39, 0.29) is 5.91 Å². The molecule has 0 saturated heterocycles. The maximum absolute atomic E-state index is 11.2. The SMILES string of the molecule is CC(C)CN(CCC#N)Cc1ccc(CC(=O)NN)cc1. The number of nitriles is 1. The standard InChI is InChI=1S/C16H24N4O/c1-13(2)11-20(9-3-8-17)12-15-6-4-14(5-7-15)10-16(21)19-18/h4-7,13H,3,9-12,18H2,1-2H3,(H,19,21). The van der Waals surface area contributed by atoms with E-state index < -0.39 is 0 Å². The van der Waals surface area contributed by atoms with E-state index >= 15 is 0 Å². The predicted octanol–water partition coefficient (Wildman–Crippen LogP) is 1.59. The minimum Gasteiger partial charge on any atom is -0.298 e. The first kappa shape index (κ1) is 17.2. The molecule has 0 aliphatic heterocycles. The largest absolute Gasteiger partial charge is 0.298 e. The van der Waals surface area contributed by atoms with Crippen LogP contribution in [-0.4, -0.2) is 23.9 Å². The highest BCUT2D eigenvalue weighted by Crippen LogP contribution is 2.10. The maximum Gasteiger partial charge on any atom is 0.238 e. The van der Waals surface area contributed by atoms with Crippen molar-refractivity contribution in [3.05, 3.63) is 35.4 Å². The molecule has 1 amide bonds. The lowest BCUT2D eigenvalue weighted by Gasteiger charge is -2.23. The van der Waals surface area contributed by atoms with E-state index in [1.807, 2.05) is 24.3 Å². The third kappa shape index (κ3) is 6.89. The second-order valence-electron chi connectivity index (χ2n) is 5.60. The van der Waals surface area contributed by atoms with Gasteiger partial charge in [-0.2, -0.15) is 5.26 Å². The monoisotopic (exact) mass is 288 g/mol. The van der Waals surface area contributed by atoms with E-state index in [4.69, 9.17) is 11.1 Å². The van der Waals surface area contributed by atoms with Crippen LogP contribution < -0.4 is 11.3 Å². The fourth-order valence-corrected chi connectivity index (χ4v) is 2.22. The van der Waals surface area contributed by atoms with E-state index in [2.05, 4.69) is 30.2 Å². The van der Waals surface area contributed by atoms with Crippen LogP contribution >= 0.6 is 0 Å². The Labute approximate surface area is 126 Å². The van der Waals surface area contributed by atoms with Crippen molar-refractivity contribution in [1.29, 1.82) is 5.26 Å². The van der Waals surface area contributed by atoms with Crippen LogP contribution in [0.1, 0.15) is 31.4 Å². The summed E-state index contributed by atoms with van der Waals surface area (Å²) in [7, 11) is 0. The Morgan fingerprint density at radius 1 is 1.33 bits per heavy atom. The van der Waals surface area contributed by atoms with E-state index in [1.165, 1.54) is 5.56 Å². The fraction of sp³-hybridized carbons (Fsp3) is 0.500. The van der Waals surface area contributed by atoms with Gasteiger partial charge in [0.15, 0.2) is 0 Å². The summed E-state index contributed by atoms with van der Waals surface area (Å²) in [5.74, 6) is 5.45. The van der Waals surface area contributed by atoms with Gasteiger partial charge in [-0.3, -0.25) is 15.1 Å². The minimum absolute atomic E-state index is 0.196. The number of hydrogen-bond donors (Lipinski definition) is 2. The lowest BCUT2D eigenvalue weighted by atomic mass is 10.1. The van der Waals surface area contributed by atoms with Crippen LogP contribution in [0, 0.1) is 17.2 Å². The molecule has 0 bridgehead atoms. The van der Waals surface area contributed by atoms with Gasteiger partial charge in [0.2, 0.25) is 5.91 Å². The third-order valence-corrected chi connectivity index (χ3v) is 3.12. The molecule has 1 rings (SSSR count). The Bertz CT molecular complexity index is 476. The molecule has 0 heterocycles. The van der Waals surface area contributed by atoms with Gasteiger partial charge in [-0.15, -0.1) is 0 Å². The van der Waals surface area contributed by atoms with Gasteiger partial charge in [-0.25, -0.2) is 5.84 Å². The molecular formula is C16H24N4O. The van der Waals surface area contributed by atoms with E-state index in [0.29, 0.717) is 18.8 Å². The van der Waals surface area contributed by atoms with Crippen LogP contribution in [0.25, 0.3) is 0 Å². The van der Waals surface area contributed by atoms with Gasteiger partial charge in [-0.1, -0.05) is 38.1 Å². The summed E-state index contributed by atoms with van der Waals surface area (Å²) in [6.45, 7) is 6.93. The summed E-state index contributed by atoms with van der Waals surface area (Å²) in [6, 6.07) is 10.1. The number of hydrogen-bond acceptors (Lipinski definition) is 4. The molecule has 0 atom stereocenters. The van der Waals surface area contributed by atoms with Gasteiger partial charge < -0.3 is 0 Å². The zero-order chi connectivity index (χ0) is 15.7. The van der Waals surface area contributed by atoms with E-state index in [1.54, 1.807) is 0 Å². The van der Waals surface area contributed by atoms with Gasteiger partial charge in [0.1, 0.15) is 0 Å². The molecule has 5 heteroatoms. The van der Waals surface area contributed by atoms with Crippen molar-refractivity contribution >= 4 is 5.91 Å². The topological polar surface area (TPSA) is 82.2 Å². The van der Waals surface area contributed by atoms with Crippen LogP contribution in [0.5, 0.6) is 0 Å². The predicted molar refractivity (Wildman–Crippen MR) is 82.8 cm³/mol. The first-order valence-electron chi connectivity index (χ1n) is 7.21. The van der Waals surface area contributed by atoms with Crippen LogP contribution in [0.3, 0.4) is 0 Å². The molecule has 0 aliphatic carbocycles. The zero-order valence-corrected chi connectivity index (χ0v) is 12.8. The number of carbonyl (C=O) groups is 1. The van der Waals surface area contributed by atoms with Crippen LogP contribution in [-0.2, 0) is 17.8 Å². The number of amides is 1. The molecule has 21 heavy (non-hydrogen) atoms. The molecule has 114 valence electrons. The first-order chi connectivity index (χ1) is 10.0. The van der Waals surface area contributed by atoms with Gasteiger partial charge in [0.05, 0.1) is 12.5 Å². The molecule has 5 nitrogen and oxygen atoms in total. The second kappa shape index (κ2) is 9.11. The van der Waals surface area contributed by atoms with Crippen molar-refractivity contribution < 1.29 is 4.79 Å². The van der Waals surface area contributed by atoms with Gasteiger partial charge in [0, 0.05) is 26.1 Å². The average molecular weight is 288 g/mol. The summed E-state index contributed by atoms with van der Waals surface area (Å²) in [4.78, 5) is 13.5. The number of nitrogens with zero attached hydrogens (tertiary/aromatic N) is 2. The van der Waals surface area contributed by atoms with Crippen LogP contribution in [0.2, 0.25) is 0 Å². The molecule has 0 spiro atoms. The number of nitrogens with one attached hydrogen (secondary N) is 1. The molecule has 0 aromatic heterocycles. The smallest absolute Gasteiger partial charge is 0.238 e. The highest BCUT2D eigenvalue weighted by molar-refractivity contribution is 5.77. The summed E-state index contributed by atoms with van der Waals surface area (Å²) < 4.78 is 0. The Kier molecular flexibility index (Phi) is 7.44. The van der Waals surface area contributed by atoms with Crippen molar-refractivity contribution in [3.63, 3.8) is 0 Å². The minimum atomic E-state index is -0.196. The summed E-state index contributed by atoms with van der Waals surface area (Å²) >= 11 is 0. The first-order valence-corrected chi connectivity index (χ1v) is 7.21. The quantitative estimate of drug-likeness (QED) is 0.432. The van der Waals surface area contributed by atoms with Crippen molar-refractivity contribution in [3.8, 4) is 6.07 Å². The third-order valence-electron chi connectivity index (χ3n) is 3.12. The highest BCUT2D eigenvalue weighted by atomic mass is 16.2. The number of nitrogens with two attached hydrogens (primary N) is 1. The summed E-state index contributed by atoms with van der Waals surface area (Å²) in [5.41, 5.74) is 4.25. The Morgan fingerprint density at radius 2 is 1.95 bits per heavy atom. The van der Waals surface area contributed by atoms with Crippen molar-refractivity contribution in [1.82, 2.24) is 10.3 Å². The lowest BCUT2D eigenvalue weighted by Crippen LogP contribution is -2.31. The van der Waals surface area contributed by atoms with Crippen molar-refractivity contribution in [2.45, 2.75) is 33.2 Å². The molecule has 1 aromatic carbocycles. The lowest BCUT2D eigenvalue weighted by molar-refractivity contribution is -0.120. The Hall–Kier alpha value is -1.90. The normalized spacial score (nSPS) is 10.7. The Balaban J connectivity index is 2.62. The van der Waals surface area contributed by atoms with E-state index in [9.17, 15) is 4.79 Å². The summed E-state index contributed by atoms with van der Waals surface area (Å²) in [5, 5.41) is 8.73. The van der Waals surface area contributed by atoms with Crippen molar-refractivity contribution in [2.75, 3.05) is 13.1 Å². The number of hydrazine groups is 1. The molecule has 1 aromatic rings. The molecule has 0 saturated carbocycles. The zero-order valence-electron chi connectivity index (χ0n) is 12.8. The molecule has 0 aliphatic rings. The Morgan fingerprint density at radius 3 is 2.48 bits per heavy atom. The number of carbonyl (C=O) groups excluding carboxylic acids is 1. The number of benzene rings is 1.